The summed E-state index contributed by atoms with van der Waals surface area (Å²) >= 11 is 0. The van der Waals surface area contributed by atoms with Gasteiger partial charge in [0.15, 0.2) is 0 Å². The number of likely N-dealkylation sites (tertiary alicyclic amines) is 1. The Morgan fingerprint density at radius 3 is 2.63 bits per heavy atom. The van der Waals surface area contributed by atoms with E-state index in [9.17, 15) is 9.59 Å². The smallest absolute Gasteiger partial charge is 0.247 e. The number of carbonyl (C=O) groups is 2. The van der Waals surface area contributed by atoms with Crippen molar-refractivity contribution < 1.29 is 9.59 Å². The summed E-state index contributed by atoms with van der Waals surface area (Å²) in [5.74, 6) is 0.290. The molecule has 1 saturated heterocycles. The molecule has 4 nitrogen and oxygen atoms in total. The molecule has 0 aliphatic carbocycles. The summed E-state index contributed by atoms with van der Waals surface area (Å²) in [6.45, 7) is 4.19. The van der Waals surface area contributed by atoms with Crippen molar-refractivity contribution >= 4 is 17.5 Å². The predicted octanol–water partition coefficient (Wildman–Crippen LogP) is 2.37. The molecule has 0 bridgehead atoms. The normalized spacial score (nSPS) is 19.1. The van der Waals surface area contributed by atoms with Crippen LogP contribution in [0.25, 0.3) is 0 Å². The van der Waals surface area contributed by atoms with Gasteiger partial charge in [0.1, 0.15) is 6.04 Å². The van der Waals surface area contributed by atoms with Gasteiger partial charge in [-0.15, -0.1) is 0 Å². The number of anilines is 1. The summed E-state index contributed by atoms with van der Waals surface area (Å²) in [6.07, 6.45) is 1.06. The van der Waals surface area contributed by atoms with E-state index < -0.39 is 0 Å². The van der Waals surface area contributed by atoms with Crippen molar-refractivity contribution in [3.8, 4) is 0 Å². The highest BCUT2D eigenvalue weighted by atomic mass is 16.2. The number of nitrogens with one attached hydrogen (secondary N) is 1. The lowest BCUT2D eigenvalue weighted by Crippen LogP contribution is -2.39. The number of likely N-dealkylation sites (N-methyl/N-ethyl adjacent to an activating group) is 1. The van der Waals surface area contributed by atoms with Crippen molar-refractivity contribution in [2.45, 2.75) is 38.6 Å². The molecule has 1 aliphatic heterocycles. The number of para-hydroxylation sites is 1. The molecule has 1 unspecified atom stereocenters. The van der Waals surface area contributed by atoms with E-state index in [2.05, 4.69) is 19.2 Å². The van der Waals surface area contributed by atoms with Crippen LogP contribution in [0.5, 0.6) is 0 Å². The summed E-state index contributed by atoms with van der Waals surface area (Å²) < 4.78 is 0. The molecule has 0 saturated carbocycles. The van der Waals surface area contributed by atoms with Gasteiger partial charge in [0.2, 0.25) is 11.8 Å². The number of hydrogen-bond donors (Lipinski definition) is 1. The van der Waals surface area contributed by atoms with Gasteiger partial charge in [-0.3, -0.25) is 9.59 Å². The SMILES string of the molecule is CC(C)c1ccccc1NC(=O)C1CCC(=O)N1C. The van der Waals surface area contributed by atoms with E-state index >= 15 is 0 Å². The zero-order valence-electron chi connectivity index (χ0n) is 11.6. The summed E-state index contributed by atoms with van der Waals surface area (Å²) in [7, 11) is 1.69. The maximum Gasteiger partial charge on any atom is 0.247 e. The van der Waals surface area contributed by atoms with Gasteiger partial charge in [-0.25, -0.2) is 0 Å². The lowest BCUT2D eigenvalue weighted by atomic mass is 10.0. The summed E-state index contributed by atoms with van der Waals surface area (Å²) in [4.78, 5) is 25.2. The van der Waals surface area contributed by atoms with Crippen LogP contribution in [-0.2, 0) is 9.59 Å². The molecular formula is C15H20N2O2. The topological polar surface area (TPSA) is 49.4 Å². The third-order valence-electron chi connectivity index (χ3n) is 3.64. The van der Waals surface area contributed by atoms with Crippen LogP contribution >= 0.6 is 0 Å². The molecule has 102 valence electrons. The van der Waals surface area contributed by atoms with Gasteiger partial charge < -0.3 is 10.2 Å². The first-order valence-electron chi connectivity index (χ1n) is 6.66. The second-order valence-electron chi connectivity index (χ2n) is 5.29. The first-order chi connectivity index (χ1) is 9.00. The summed E-state index contributed by atoms with van der Waals surface area (Å²) in [5, 5.41) is 2.95. The average molecular weight is 260 g/mol. The second-order valence-corrected chi connectivity index (χ2v) is 5.29. The van der Waals surface area contributed by atoms with Crippen molar-refractivity contribution in [3.05, 3.63) is 29.8 Å². The van der Waals surface area contributed by atoms with Crippen molar-refractivity contribution in [1.29, 1.82) is 0 Å². The zero-order chi connectivity index (χ0) is 14.0. The lowest BCUT2D eigenvalue weighted by molar-refractivity contribution is -0.131. The van der Waals surface area contributed by atoms with Crippen LogP contribution in [0.4, 0.5) is 5.69 Å². The Hall–Kier alpha value is -1.84. The molecule has 1 aliphatic rings. The Bertz CT molecular complexity index is 497. The van der Waals surface area contributed by atoms with E-state index in [4.69, 9.17) is 0 Å². The lowest BCUT2D eigenvalue weighted by Gasteiger charge is -2.20. The number of benzene rings is 1. The van der Waals surface area contributed by atoms with Crippen molar-refractivity contribution in [2.75, 3.05) is 12.4 Å². The number of amides is 2. The average Bonchev–Trinajstić information content (AvgIpc) is 2.70. The number of hydrogen-bond acceptors (Lipinski definition) is 2. The fourth-order valence-electron chi connectivity index (χ4n) is 2.44. The molecule has 0 radical (unpaired) electrons. The monoisotopic (exact) mass is 260 g/mol. The molecule has 2 rings (SSSR count). The van der Waals surface area contributed by atoms with E-state index in [0.717, 1.165) is 11.3 Å². The highest BCUT2D eigenvalue weighted by Crippen LogP contribution is 2.25. The maximum atomic E-state index is 12.2. The Morgan fingerprint density at radius 1 is 1.37 bits per heavy atom. The Morgan fingerprint density at radius 2 is 2.05 bits per heavy atom. The van der Waals surface area contributed by atoms with Gasteiger partial charge in [0, 0.05) is 19.2 Å². The van der Waals surface area contributed by atoms with Crippen LogP contribution in [-0.4, -0.2) is 29.8 Å². The van der Waals surface area contributed by atoms with Crippen LogP contribution in [0.3, 0.4) is 0 Å². The van der Waals surface area contributed by atoms with Crippen LogP contribution in [0.15, 0.2) is 24.3 Å². The first-order valence-corrected chi connectivity index (χ1v) is 6.66. The number of rotatable bonds is 3. The van der Waals surface area contributed by atoms with E-state index in [1.807, 2.05) is 24.3 Å². The Kier molecular flexibility index (Phi) is 3.88. The highest BCUT2D eigenvalue weighted by Gasteiger charge is 2.33. The second kappa shape index (κ2) is 5.43. The Labute approximate surface area is 113 Å². The minimum Gasteiger partial charge on any atom is -0.334 e. The van der Waals surface area contributed by atoms with Gasteiger partial charge >= 0.3 is 0 Å². The van der Waals surface area contributed by atoms with Crippen molar-refractivity contribution in [1.82, 2.24) is 4.90 Å². The van der Waals surface area contributed by atoms with E-state index in [0.29, 0.717) is 18.8 Å². The minimum atomic E-state index is -0.340. The molecule has 1 atom stereocenters. The zero-order valence-corrected chi connectivity index (χ0v) is 11.6. The molecule has 0 aromatic heterocycles. The molecule has 1 N–H and O–H groups in total. The van der Waals surface area contributed by atoms with Gasteiger partial charge in [-0.05, 0) is 24.0 Å². The molecule has 1 aromatic rings. The molecule has 2 amide bonds. The molecule has 1 aromatic carbocycles. The van der Waals surface area contributed by atoms with Gasteiger partial charge in [-0.1, -0.05) is 32.0 Å². The molecule has 1 fully saturated rings. The molecule has 4 heteroatoms. The molecular weight excluding hydrogens is 240 g/mol. The molecule has 0 spiro atoms. The number of carbonyl (C=O) groups excluding carboxylic acids is 2. The van der Waals surface area contributed by atoms with Crippen molar-refractivity contribution in [3.63, 3.8) is 0 Å². The molecule has 19 heavy (non-hydrogen) atoms. The van der Waals surface area contributed by atoms with Gasteiger partial charge in [0.05, 0.1) is 0 Å². The van der Waals surface area contributed by atoms with Gasteiger partial charge in [0.25, 0.3) is 0 Å². The third kappa shape index (κ3) is 2.78. The van der Waals surface area contributed by atoms with Gasteiger partial charge in [-0.2, -0.15) is 0 Å². The van der Waals surface area contributed by atoms with E-state index in [1.165, 1.54) is 4.90 Å². The standard InChI is InChI=1S/C15H20N2O2/c1-10(2)11-6-4-5-7-12(11)16-15(19)13-8-9-14(18)17(13)3/h4-7,10,13H,8-9H2,1-3H3,(H,16,19). The van der Waals surface area contributed by atoms with E-state index in [-0.39, 0.29) is 17.9 Å². The Balaban J connectivity index is 2.13. The van der Waals surface area contributed by atoms with Crippen LogP contribution in [0.1, 0.15) is 38.2 Å². The highest BCUT2D eigenvalue weighted by molar-refractivity contribution is 5.99. The largest absolute Gasteiger partial charge is 0.334 e. The van der Waals surface area contributed by atoms with Crippen LogP contribution in [0, 0.1) is 0 Å². The quantitative estimate of drug-likeness (QED) is 0.907. The third-order valence-corrected chi connectivity index (χ3v) is 3.64. The van der Waals surface area contributed by atoms with Crippen LogP contribution < -0.4 is 5.32 Å². The maximum absolute atomic E-state index is 12.2. The van der Waals surface area contributed by atoms with Crippen LogP contribution in [0.2, 0.25) is 0 Å². The summed E-state index contributed by atoms with van der Waals surface area (Å²) in [5.41, 5.74) is 1.96. The first kappa shape index (κ1) is 13.6. The fourth-order valence-corrected chi connectivity index (χ4v) is 2.44. The summed E-state index contributed by atoms with van der Waals surface area (Å²) in [6, 6.07) is 7.46. The molecule has 1 heterocycles. The fraction of sp³-hybridized carbons (Fsp3) is 0.467. The number of nitrogens with zero attached hydrogens (tertiary/aromatic N) is 1. The van der Waals surface area contributed by atoms with Crippen molar-refractivity contribution in [2.24, 2.45) is 0 Å². The minimum absolute atomic E-state index is 0.0392. The van der Waals surface area contributed by atoms with E-state index in [1.54, 1.807) is 7.05 Å². The predicted molar refractivity (Wildman–Crippen MR) is 75.0 cm³/mol.